The van der Waals surface area contributed by atoms with E-state index in [4.69, 9.17) is 9.47 Å². The van der Waals surface area contributed by atoms with Crippen LogP contribution in [0.2, 0.25) is 0 Å². The predicted molar refractivity (Wildman–Crippen MR) is 68.1 cm³/mol. The Bertz CT molecular complexity index is 491. The van der Waals surface area contributed by atoms with E-state index in [1.807, 2.05) is 0 Å². The average molecular weight is 246 g/mol. The highest BCUT2D eigenvalue weighted by Gasteiger charge is 2.86. The van der Waals surface area contributed by atoms with E-state index >= 15 is 0 Å². The molecule has 0 N–H and O–H groups in total. The molecule has 2 heteroatoms. The third-order valence-electron chi connectivity index (χ3n) is 6.91. The molecule has 98 valence electrons. The minimum absolute atomic E-state index is 0.0481. The minimum atomic E-state index is 0.0481. The van der Waals surface area contributed by atoms with Gasteiger partial charge in [-0.1, -0.05) is 12.2 Å². The Kier molecular flexibility index (Phi) is 1.37. The van der Waals surface area contributed by atoms with E-state index in [1.165, 1.54) is 12.8 Å². The standard InChI is InChI=1S/C16H22O2/c1-13(2)15(17-13)8-7-9-10-5-6-11(12(9)15)16(10)14(3,4)18-16/h7-12H,5-6H2,1-4H3/t9-,10+,11+,12-,15-,16+/m1/s1. The van der Waals surface area contributed by atoms with Crippen molar-refractivity contribution in [2.75, 3.05) is 0 Å². The van der Waals surface area contributed by atoms with E-state index in [9.17, 15) is 0 Å². The van der Waals surface area contributed by atoms with Gasteiger partial charge in [-0.3, -0.25) is 0 Å². The first kappa shape index (κ1) is 10.4. The van der Waals surface area contributed by atoms with Gasteiger partial charge in [-0.15, -0.1) is 0 Å². The monoisotopic (exact) mass is 246 g/mol. The maximum absolute atomic E-state index is 6.28. The van der Waals surface area contributed by atoms with E-state index < -0.39 is 0 Å². The molecule has 4 fully saturated rings. The quantitative estimate of drug-likeness (QED) is 0.485. The Morgan fingerprint density at radius 1 is 0.944 bits per heavy atom. The number of ether oxygens (including phenoxy) is 2. The van der Waals surface area contributed by atoms with Crippen LogP contribution in [-0.4, -0.2) is 22.4 Å². The van der Waals surface area contributed by atoms with Gasteiger partial charge in [-0.2, -0.15) is 0 Å². The van der Waals surface area contributed by atoms with Gasteiger partial charge in [-0.25, -0.2) is 0 Å². The van der Waals surface area contributed by atoms with E-state index in [-0.39, 0.29) is 22.4 Å². The molecule has 0 radical (unpaired) electrons. The summed E-state index contributed by atoms with van der Waals surface area (Å²) >= 11 is 0. The number of epoxide rings is 2. The van der Waals surface area contributed by atoms with Gasteiger partial charge >= 0.3 is 0 Å². The number of hydrogen-bond acceptors (Lipinski definition) is 2. The molecule has 2 aliphatic heterocycles. The molecule has 0 aromatic rings. The Labute approximate surface area is 109 Å². The van der Waals surface area contributed by atoms with Crippen LogP contribution < -0.4 is 0 Å². The fourth-order valence-electron chi connectivity index (χ4n) is 6.25. The molecule has 6 atom stereocenters. The molecule has 0 unspecified atom stereocenters. The highest BCUT2D eigenvalue weighted by atomic mass is 16.6. The number of hydrogen-bond donors (Lipinski definition) is 0. The summed E-state index contributed by atoms with van der Waals surface area (Å²) in [5.74, 6) is 2.87. The molecule has 5 rings (SSSR count). The fourth-order valence-corrected chi connectivity index (χ4v) is 6.25. The summed E-state index contributed by atoms with van der Waals surface area (Å²) < 4.78 is 12.4. The Balaban J connectivity index is 1.62. The highest BCUT2D eigenvalue weighted by Crippen LogP contribution is 2.79. The van der Waals surface area contributed by atoms with Gasteiger partial charge in [0.2, 0.25) is 0 Å². The van der Waals surface area contributed by atoms with Crippen molar-refractivity contribution in [1.82, 2.24) is 0 Å². The zero-order chi connectivity index (χ0) is 12.6. The van der Waals surface area contributed by atoms with Crippen LogP contribution in [0.1, 0.15) is 40.5 Å². The van der Waals surface area contributed by atoms with Crippen molar-refractivity contribution >= 4 is 0 Å². The highest BCUT2D eigenvalue weighted by molar-refractivity contribution is 5.41. The summed E-state index contributed by atoms with van der Waals surface area (Å²) in [4.78, 5) is 0. The maximum atomic E-state index is 6.28. The summed E-state index contributed by atoms with van der Waals surface area (Å²) in [5, 5.41) is 0. The topological polar surface area (TPSA) is 25.1 Å². The van der Waals surface area contributed by atoms with Crippen molar-refractivity contribution in [2.24, 2.45) is 23.7 Å². The van der Waals surface area contributed by atoms with E-state index in [1.54, 1.807) is 0 Å². The summed E-state index contributed by atoms with van der Waals surface area (Å²) in [6.07, 6.45) is 7.55. The molecule has 5 aliphatic rings. The van der Waals surface area contributed by atoms with Crippen LogP contribution >= 0.6 is 0 Å². The molecular weight excluding hydrogens is 224 g/mol. The maximum Gasteiger partial charge on any atom is 0.119 e. The Morgan fingerprint density at radius 2 is 1.56 bits per heavy atom. The fraction of sp³-hybridized carbons (Fsp3) is 0.875. The third-order valence-corrected chi connectivity index (χ3v) is 6.91. The third kappa shape index (κ3) is 0.757. The first-order valence-electron chi connectivity index (χ1n) is 7.45. The molecule has 2 bridgehead atoms. The average Bonchev–Trinajstić information content (AvgIpc) is 2.80. The second kappa shape index (κ2) is 2.35. The lowest BCUT2D eigenvalue weighted by Gasteiger charge is -2.28. The summed E-state index contributed by atoms with van der Waals surface area (Å²) in [5.41, 5.74) is 0.402. The van der Waals surface area contributed by atoms with Crippen LogP contribution in [-0.2, 0) is 9.47 Å². The number of rotatable bonds is 0. The smallest absolute Gasteiger partial charge is 0.119 e. The normalized spacial score (nSPS) is 63.8. The van der Waals surface area contributed by atoms with Gasteiger partial charge in [0.05, 0.1) is 11.2 Å². The lowest BCUT2D eigenvalue weighted by Crippen LogP contribution is -2.35. The van der Waals surface area contributed by atoms with Gasteiger partial charge < -0.3 is 9.47 Å². The second-order valence-electron chi connectivity index (χ2n) is 8.06. The van der Waals surface area contributed by atoms with Crippen molar-refractivity contribution < 1.29 is 9.47 Å². The van der Waals surface area contributed by atoms with Crippen LogP contribution in [0.4, 0.5) is 0 Å². The lowest BCUT2D eigenvalue weighted by molar-refractivity contribution is 0.165. The lowest BCUT2D eigenvalue weighted by atomic mass is 9.73. The number of fused-ring (bicyclic) bond motifs is 4. The molecule has 0 aromatic carbocycles. The van der Waals surface area contributed by atoms with Crippen molar-refractivity contribution in [2.45, 2.75) is 62.9 Å². The van der Waals surface area contributed by atoms with E-state index in [0.29, 0.717) is 11.8 Å². The number of allylic oxidation sites excluding steroid dienone is 1. The second-order valence-corrected chi connectivity index (χ2v) is 8.06. The van der Waals surface area contributed by atoms with Gasteiger partial charge in [0.25, 0.3) is 0 Å². The summed E-state index contributed by atoms with van der Waals surface area (Å²) in [6.45, 7) is 9.07. The summed E-state index contributed by atoms with van der Waals surface area (Å²) in [6, 6.07) is 0. The van der Waals surface area contributed by atoms with E-state index in [2.05, 4.69) is 39.8 Å². The molecule has 2 saturated carbocycles. The molecule has 2 spiro atoms. The molecule has 3 aliphatic carbocycles. The molecule has 2 saturated heterocycles. The zero-order valence-corrected chi connectivity index (χ0v) is 11.7. The molecule has 0 aromatic heterocycles. The molecular formula is C16H22O2. The van der Waals surface area contributed by atoms with Crippen LogP contribution in [0.3, 0.4) is 0 Å². The van der Waals surface area contributed by atoms with E-state index in [0.717, 1.165) is 11.8 Å². The molecule has 2 nitrogen and oxygen atoms in total. The SMILES string of the molecule is CC1(C)O[C@]12[C@H]1CC[C@H]2[C@H]2[C@@H]1C=C[C@@]21OC1(C)C. The Morgan fingerprint density at radius 3 is 2.11 bits per heavy atom. The first-order valence-corrected chi connectivity index (χ1v) is 7.45. The van der Waals surface area contributed by atoms with Crippen molar-refractivity contribution in [3.63, 3.8) is 0 Å². The largest absolute Gasteiger partial charge is 0.362 e. The van der Waals surface area contributed by atoms with Gasteiger partial charge in [0.15, 0.2) is 0 Å². The molecule has 2 heterocycles. The van der Waals surface area contributed by atoms with Crippen LogP contribution in [0.15, 0.2) is 12.2 Å². The van der Waals surface area contributed by atoms with Gasteiger partial charge in [0.1, 0.15) is 11.2 Å². The van der Waals surface area contributed by atoms with Crippen LogP contribution in [0.25, 0.3) is 0 Å². The molecule has 18 heavy (non-hydrogen) atoms. The van der Waals surface area contributed by atoms with Crippen molar-refractivity contribution in [3.8, 4) is 0 Å². The van der Waals surface area contributed by atoms with Crippen LogP contribution in [0.5, 0.6) is 0 Å². The molecule has 0 amide bonds. The van der Waals surface area contributed by atoms with Crippen molar-refractivity contribution in [1.29, 1.82) is 0 Å². The zero-order valence-electron chi connectivity index (χ0n) is 11.7. The van der Waals surface area contributed by atoms with Crippen LogP contribution in [0, 0.1) is 23.7 Å². The van der Waals surface area contributed by atoms with Gasteiger partial charge in [0, 0.05) is 5.92 Å². The van der Waals surface area contributed by atoms with Crippen molar-refractivity contribution in [3.05, 3.63) is 12.2 Å². The minimum Gasteiger partial charge on any atom is -0.362 e. The Hall–Kier alpha value is -0.340. The predicted octanol–water partition coefficient (Wildman–Crippen LogP) is 2.92. The van der Waals surface area contributed by atoms with Gasteiger partial charge in [-0.05, 0) is 58.3 Å². The first-order chi connectivity index (χ1) is 8.36. The summed E-state index contributed by atoms with van der Waals surface area (Å²) in [7, 11) is 0.